The van der Waals surface area contributed by atoms with Gasteiger partial charge in [-0.1, -0.05) is 12.1 Å². The van der Waals surface area contributed by atoms with Gasteiger partial charge in [0.2, 0.25) is 0 Å². The van der Waals surface area contributed by atoms with Gasteiger partial charge in [-0.2, -0.15) is 13.2 Å². The lowest BCUT2D eigenvalue weighted by molar-refractivity contribution is -0.137. The first-order chi connectivity index (χ1) is 9.29. The van der Waals surface area contributed by atoms with Crippen LogP contribution in [0.25, 0.3) is 0 Å². The minimum absolute atomic E-state index is 0.00924. The van der Waals surface area contributed by atoms with Crippen LogP contribution in [0.5, 0.6) is 0 Å². The first-order valence-corrected chi connectivity index (χ1v) is 6.25. The van der Waals surface area contributed by atoms with E-state index in [0.29, 0.717) is 0 Å². The molecular formula is C14H7BrF4O. The van der Waals surface area contributed by atoms with Gasteiger partial charge in [0.05, 0.1) is 10.0 Å². The Morgan fingerprint density at radius 1 is 1.00 bits per heavy atom. The normalized spacial score (nSPS) is 11.4. The van der Waals surface area contributed by atoms with Gasteiger partial charge in [0.15, 0.2) is 5.78 Å². The highest BCUT2D eigenvalue weighted by Crippen LogP contribution is 2.30. The van der Waals surface area contributed by atoms with Crippen LogP contribution in [0.1, 0.15) is 21.5 Å². The summed E-state index contributed by atoms with van der Waals surface area (Å²) in [6.45, 7) is 0. The van der Waals surface area contributed by atoms with Gasteiger partial charge in [0, 0.05) is 11.1 Å². The summed E-state index contributed by atoms with van der Waals surface area (Å²) >= 11 is 2.94. The van der Waals surface area contributed by atoms with Gasteiger partial charge in [-0.3, -0.25) is 4.79 Å². The molecule has 0 aliphatic heterocycles. The summed E-state index contributed by atoms with van der Waals surface area (Å²) in [4.78, 5) is 12.0. The Kier molecular flexibility index (Phi) is 3.94. The van der Waals surface area contributed by atoms with Crippen molar-refractivity contribution in [2.75, 3.05) is 0 Å². The van der Waals surface area contributed by atoms with E-state index in [9.17, 15) is 22.4 Å². The quantitative estimate of drug-likeness (QED) is 0.561. The van der Waals surface area contributed by atoms with Crippen molar-refractivity contribution in [2.45, 2.75) is 6.18 Å². The van der Waals surface area contributed by atoms with Crippen LogP contribution in [0.4, 0.5) is 17.6 Å². The Bertz CT molecular complexity index is 664. The molecule has 20 heavy (non-hydrogen) atoms. The predicted molar refractivity (Wildman–Crippen MR) is 69.0 cm³/mol. The smallest absolute Gasteiger partial charge is 0.289 e. The molecule has 0 fully saturated rings. The van der Waals surface area contributed by atoms with E-state index in [1.807, 2.05) is 0 Å². The number of carbonyl (C=O) groups is 1. The van der Waals surface area contributed by atoms with Gasteiger partial charge in [-0.15, -0.1) is 0 Å². The van der Waals surface area contributed by atoms with Crippen LogP contribution in [0.2, 0.25) is 0 Å². The van der Waals surface area contributed by atoms with Gasteiger partial charge in [0.1, 0.15) is 5.82 Å². The van der Waals surface area contributed by atoms with Crippen molar-refractivity contribution in [2.24, 2.45) is 0 Å². The van der Waals surface area contributed by atoms with Crippen molar-refractivity contribution in [3.63, 3.8) is 0 Å². The Morgan fingerprint density at radius 2 is 1.65 bits per heavy atom. The maximum Gasteiger partial charge on any atom is 0.416 e. The zero-order valence-corrected chi connectivity index (χ0v) is 11.4. The second kappa shape index (κ2) is 5.36. The third-order valence-electron chi connectivity index (χ3n) is 2.63. The van der Waals surface area contributed by atoms with Crippen LogP contribution in [0.15, 0.2) is 46.9 Å². The second-order valence-electron chi connectivity index (χ2n) is 4.04. The number of hydrogen-bond donors (Lipinski definition) is 0. The van der Waals surface area contributed by atoms with Crippen molar-refractivity contribution < 1.29 is 22.4 Å². The molecule has 0 aliphatic rings. The molecule has 0 radical (unpaired) electrons. The fourth-order valence-corrected chi connectivity index (χ4v) is 1.89. The van der Waals surface area contributed by atoms with E-state index in [1.165, 1.54) is 18.2 Å². The molecule has 0 aromatic heterocycles. The summed E-state index contributed by atoms with van der Waals surface area (Å²) in [5, 5.41) is 0. The average Bonchev–Trinajstić information content (AvgIpc) is 2.40. The van der Waals surface area contributed by atoms with Gasteiger partial charge in [0.25, 0.3) is 0 Å². The number of carbonyl (C=O) groups excluding carboxylic acids is 1. The molecule has 0 heterocycles. The minimum atomic E-state index is -4.53. The van der Waals surface area contributed by atoms with E-state index in [0.717, 1.165) is 24.3 Å². The molecule has 0 bridgehead atoms. The zero-order valence-electron chi connectivity index (χ0n) is 9.84. The molecule has 2 aromatic carbocycles. The van der Waals surface area contributed by atoms with Crippen LogP contribution in [-0.4, -0.2) is 5.78 Å². The molecule has 0 unspecified atom stereocenters. The summed E-state index contributed by atoms with van der Waals surface area (Å²) < 4.78 is 51.2. The highest BCUT2D eigenvalue weighted by Gasteiger charge is 2.31. The van der Waals surface area contributed by atoms with E-state index in [-0.39, 0.29) is 15.6 Å². The molecule has 1 nitrogen and oxygen atoms in total. The van der Waals surface area contributed by atoms with Crippen molar-refractivity contribution >= 4 is 21.7 Å². The molecule has 0 N–H and O–H groups in total. The lowest BCUT2D eigenvalue weighted by Crippen LogP contribution is -2.08. The van der Waals surface area contributed by atoms with E-state index >= 15 is 0 Å². The topological polar surface area (TPSA) is 17.1 Å². The van der Waals surface area contributed by atoms with Crippen LogP contribution in [0, 0.1) is 5.82 Å². The maximum absolute atomic E-state index is 13.3. The van der Waals surface area contributed by atoms with E-state index < -0.39 is 23.3 Å². The summed E-state index contributed by atoms with van der Waals surface area (Å²) in [6.07, 6.45) is -4.53. The molecule has 0 spiro atoms. The fraction of sp³-hybridized carbons (Fsp3) is 0.0714. The summed E-state index contributed by atoms with van der Waals surface area (Å²) in [6, 6.07) is 7.68. The minimum Gasteiger partial charge on any atom is -0.289 e. The number of benzene rings is 2. The van der Waals surface area contributed by atoms with Crippen molar-refractivity contribution in [1.82, 2.24) is 0 Å². The number of rotatable bonds is 2. The first-order valence-electron chi connectivity index (χ1n) is 5.46. The van der Waals surface area contributed by atoms with Gasteiger partial charge in [-0.25, -0.2) is 4.39 Å². The van der Waals surface area contributed by atoms with Crippen LogP contribution < -0.4 is 0 Å². The Hall–Kier alpha value is -1.69. The molecule has 0 amide bonds. The number of alkyl halides is 3. The van der Waals surface area contributed by atoms with Crippen LogP contribution >= 0.6 is 15.9 Å². The molecule has 6 heteroatoms. The van der Waals surface area contributed by atoms with Crippen LogP contribution in [-0.2, 0) is 6.18 Å². The SMILES string of the molecule is O=C(c1cccc(C(F)(F)F)c1)c1ccc(Br)c(F)c1. The standard InChI is InChI=1S/C14H7BrF4O/c15-11-5-4-9(7-12(11)16)13(20)8-2-1-3-10(6-8)14(17,18)19/h1-7H. The Labute approximate surface area is 120 Å². The summed E-state index contributed by atoms with van der Waals surface area (Å²) in [7, 11) is 0. The maximum atomic E-state index is 13.3. The predicted octanol–water partition coefficient (Wildman–Crippen LogP) is 4.84. The van der Waals surface area contributed by atoms with E-state index in [1.54, 1.807) is 0 Å². The molecule has 0 atom stereocenters. The Balaban J connectivity index is 2.41. The zero-order chi connectivity index (χ0) is 14.9. The molecule has 0 saturated heterocycles. The highest BCUT2D eigenvalue weighted by molar-refractivity contribution is 9.10. The second-order valence-corrected chi connectivity index (χ2v) is 4.89. The lowest BCUT2D eigenvalue weighted by Gasteiger charge is -2.08. The van der Waals surface area contributed by atoms with Crippen molar-refractivity contribution in [3.05, 3.63) is 69.4 Å². The highest BCUT2D eigenvalue weighted by atomic mass is 79.9. The summed E-state index contributed by atoms with van der Waals surface area (Å²) in [5.41, 5.74) is -1.06. The summed E-state index contributed by atoms with van der Waals surface area (Å²) in [5.74, 6) is -1.31. The average molecular weight is 347 g/mol. The van der Waals surface area contributed by atoms with Crippen LogP contribution in [0.3, 0.4) is 0 Å². The number of ketones is 1. The van der Waals surface area contributed by atoms with E-state index in [4.69, 9.17) is 0 Å². The molecular weight excluding hydrogens is 340 g/mol. The third kappa shape index (κ3) is 3.07. The van der Waals surface area contributed by atoms with Gasteiger partial charge >= 0.3 is 6.18 Å². The lowest BCUT2D eigenvalue weighted by atomic mass is 10.0. The molecule has 2 aromatic rings. The van der Waals surface area contributed by atoms with Crippen molar-refractivity contribution in [1.29, 1.82) is 0 Å². The molecule has 0 saturated carbocycles. The fourth-order valence-electron chi connectivity index (χ4n) is 1.64. The number of hydrogen-bond acceptors (Lipinski definition) is 1. The first kappa shape index (κ1) is 14.7. The molecule has 2 rings (SSSR count). The van der Waals surface area contributed by atoms with E-state index in [2.05, 4.69) is 15.9 Å². The molecule has 104 valence electrons. The Morgan fingerprint density at radius 3 is 2.25 bits per heavy atom. The van der Waals surface area contributed by atoms with Gasteiger partial charge in [-0.05, 0) is 46.3 Å². The molecule has 0 aliphatic carbocycles. The van der Waals surface area contributed by atoms with Crippen molar-refractivity contribution in [3.8, 4) is 0 Å². The largest absolute Gasteiger partial charge is 0.416 e. The third-order valence-corrected chi connectivity index (χ3v) is 3.28. The number of halogens is 5. The monoisotopic (exact) mass is 346 g/mol. The van der Waals surface area contributed by atoms with Gasteiger partial charge < -0.3 is 0 Å².